The highest BCUT2D eigenvalue weighted by Gasteiger charge is 2.34. The van der Waals surface area contributed by atoms with Crippen LogP contribution in [0.2, 0.25) is 0 Å². The zero-order chi connectivity index (χ0) is 31.1. The average Bonchev–Trinajstić information content (AvgIpc) is 2.99. The Morgan fingerprint density at radius 3 is 2.12 bits per heavy atom. The SMILES string of the molecule is CCC(C(=O)NCC(C)C)N(Cc1ccc(F)cc1)C(=O)CN(c1ccc(F)cc1)S(=O)(=O)c1ccc2c(c1)OCCO2. The largest absolute Gasteiger partial charge is 0.486 e. The van der Waals surface area contributed by atoms with Crippen LogP contribution in [0.5, 0.6) is 11.5 Å². The highest BCUT2D eigenvalue weighted by molar-refractivity contribution is 7.92. The Labute approximate surface area is 250 Å². The van der Waals surface area contributed by atoms with Crippen molar-refractivity contribution in [1.29, 1.82) is 0 Å². The van der Waals surface area contributed by atoms with Crippen molar-refractivity contribution in [2.24, 2.45) is 5.92 Å². The molecule has 0 radical (unpaired) electrons. The summed E-state index contributed by atoms with van der Waals surface area (Å²) < 4.78 is 67.5. The van der Waals surface area contributed by atoms with Gasteiger partial charge in [-0.05, 0) is 66.4 Å². The minimum Gasteiger partial charge on any atom is -0.486 e. The van der Waals surface area contributed by atoms with E-state index in [0.717, 1.165) is 16.4 Å². The monoisotopic (exact) mass is 615 g/mol. The van der Waals surface area contributed by atoms with Crippen molar-refractivity contribution in [1.82, 2.24) is 10.2 Å². The summed E-state index contributed by atoms with van der Waals surface area (Å²) in [6.45, 7) is 5.79. The van der Waals surface area contributed by atoms with Crippen LogP contribution in [0.3, 0.4) is 0 Å². The summed E-state index contributed by atoms with van der Waals surface area (Å²) in [5, 5.41) is 2.85. The van der Waals surface area contributed by atoms with Gasteiger partial charge in [0.1, 0.15) is 37.4 Å². The number of carbonyl (C=O) groups is 2. The van der Waals surface area contributed by atoms with Gasteiger partial charge in [0.25, 0.3) is 10.0 Å². The number of amides is 2. The summed E-state index contributed by atoms with van der Waals surface area (Å²) >= 11 is 0. The number of anilines is 1. The molecule has 0 saturated heterocycles. The lowest BCUT2D eigenvalue weighted by Gasteiger charge is -2.33. The average molecular weight is 616 g/mol. The summed E-state index contributed by atoms with van der Waals surface area (Å²) in [4.78, 5) is 28.4. The second-order valence-electron chi connectivity index (χ2n) is 10.5. The fourth-order valence-electron chi connectivity index (χ4n) is 4.58. The van der Waals surface area contributed by atoms with Crippen molar-refractivity contribution in [3.8, 4) is 11.5 Å². The highest BCUT2D eigenvalue weighted by Crippen LogP contribution is 2.34. The van der Waals surface area contributed by atoms with Gasteiger partial charge >= 0.3 is 0 Å². The van der Waals surface area contributed by atoms with Crippen molar-refractivity contribution in [3.63, 3.8) is 0 Å². The smallest absolute Gasteiger partial charge is 0.264 e. The normalized spacial score (nSPS) is 13.3. The van der Waals surface area contributed by atoms with E-state index in [4.69, 9.17) is 9.47 Å². The third kappa shape index (κ3) is 7.81. The molecule has 9 nitrogen and oxygen atoms in total. The first-order chi connectivity index (χ1) is 20.5. The predicted octanol–water partition coefficient (Wildman–Crippen LogP) is 4.51. The number of sulfonamides is 1. The van der Waals surface area contributed by atoms with Crippen LogP contribution in [0.1, 0.15) is 32.8 Å². The van der Waals surface area contributed by atoms with Gasteiger partial charge in [0.2, 0.25) is 11.8 Å². The maximum absolute atomic E-state index is 14.1. The van der Waals surface area contributed by atoms with Gasteiger partial charge in [-0.15, -0.1) is 0 Å². The van der Waals surface area contributed by atoms with Gasteiger partial charge < -0.3 is 19.7 Å². The number of rotatable bonds is 12. The minimum absolute atomic E-state index is 0.0451. The summed E-state index contributed by atoms with van der Waals surface area (Å²) in [7, 11) is -4.40. The van der Waals surface area contributed by atoms with Crippen LogP contribution in [-0.2, 0) is 26.2 Å². The van der Waals surface area contributed by atoms with Gasteiger partial charge in [0, 0.05) is 19.2 Å². The lowest BCUT2D eigenvalue weighted by molar-refractivity contribution is -0.140. The van der Waals surface area contributed by atoms with E-state index < -0.39 is 46.1 Å². The number of halogens is 2. The van der Waals surface area contributed by atoms with Crippen LogP contribution in [0.25, 0.3) is 0 Å². The lowest BCUT2D eigenvalue weighted by atomic mass is 10.1. The zero-order valence-corrected chi connectivity index (χ0v) is 25.1. The van der Waals surface area contributed by atoms with Gasteiger partial charge in [-0.25, -0.2) is 17.2 Å². The molecule has 1 atom stereocenters. The van der Waals surface area contributed by atoms with Gasteiger partial charge in [-0.2, -0.15) is 0 Å². The fraction of sp³-hybridized carbons (Fsp3) is 0.355. The molecule has 0 aliphatic carbocycles. The van der Waals surface area contributed by atoms with Crippen LogP contribution in [0.15, 0.2) is 71.6 Å². The Hall–Kier alpha value is -4.19. The summed E-state index contributed by atoms with van der Waals surface area (Å²) in [6, 6.07) is 13.4. The summed E-state index contributed by atoms with van der Waals surface area (Å²) in [5.74, 6) is -1.33. The van der Waals surface area contributed by atoms with Gasteiger partial charge in [0.15, 0.2) is 11.5 Å². The van der Waals surface area contributed by atoms with E-state index in [-0.39, 0.29) is 41.8 Å². The number of hydrogen-bond donors (Lipinski definition) is 1. The molecule has 3 aromatic carbocycles. The van der Waals surface area contributed by atoms with Gasteiger partial charge in [0.05, 0.1) is 10.6 Å². The molecule has 1 aliphatic rings. The minimum atomic E-state index is -4.40. The number of benzene rings is 3. The number of nitrogens with zero attached hydrogens (tertiary/aromatic N) is 2. The lowest BCUT2D eigenvalue weighted by Crippen LogP contribution is -2.52. The van der Waals surface area contributed by atoms with Crippen molar-refractivity contribution >= 4 is 27.5 Å². The van der Waals surface area contributed by atoms with Gasteiger partial charge in [-0.1, -0.05) is 32.9 Å². The second-order valence-corrected chi connectivity index (χ2v) is 12.4. The van der Waals surface area contributed by atoms with Crippen LogP contribution in [0.4, 0.5) is 14.5 Å². The van der Waals surface area contributed by atoms with Crippen molar-refractivity contribution in [2.75, 3.05) is 30.6 Å². The van der Waals surface area contributed by atoms with E-state index in [1.807, 2.05) is 13.8 Å². The number of nitrogens with one attached hydrogen (secondary N) is 1. The molecule has 230 valence electrons. The van der Waals surface area contributed by atoms with Crippen LogP contribution >= 0.6 is 0 Å². The number of hydrogen-bond acceptors (Lipinski definition) is 6. The molecule has 43 heavy (non-hydrogen) atoms. The molecular weight excluding hydrogens is 580 g/mol. The van der Waals surface area contributed by atoms with E-state index in [1.54, 1.807) is 6.92 Å². The number of fused-ring (bicyclic) bond motifs is 1. The van der Waals surface area contributed by atoms with E-state index in [2.05, 4.69) is 5.32 Å². The first-order valence-corrected chi connectivity index (χ1v) is 15.4. The molecule has 0 fully saturated rings. The molecule has 1 heterocycles. The molecule has 0 aromatic heterocycles. The van der Waals surface area contributed by atoms with Crippen molar-refractivity contribution in [3.05, 3.63) is 83.9 Å². The molecule has 0 saturated carbocycles. The Kier molecular flexibility index (Phi) is 10.2. The Balaban J connectivity index is 1.73. The molecule has 1 N–H and O–H groups in total. The van der Waals surface area contributed by atoms with Crippen LogP contribution in [0, 0.1) is 17.6 Å². The molecule has 1 aliphatic heterocycles. The van der Waals surface area contributed by atoms with E-state index in [1.165, 1.54) is 59.5 Å². The van der Waals surface area contributed by atoms with Crippen LogP contribution < -0.4 is 19.1 Å². The fourth-order valence-corrected chi connectivity index (χ4v) is 6.01. The Morgan fingerprint density at radius 1 is 0.907 bits per heavy atom. The third-order valence-electron chi connectivity index (χ3n) is 6.83. The first kappa shape index (κ1) is 31.7. The summed E-state index contributed by atoms with van der Waals surface area (Å²) in [6.07, 6.45) is 0.238. The maximum atomic E-state index is 14.1. The zero-order valence-electron chi connectivity index (χ0n) is 24.3. The maximum Gasteiger partial charge on any atom is 0.264 e. The first-order valence-electron chi connectivity index (χ1n) is 14.0. The topological polar surface area (TPSA) is 105 Å². The quantitative estimate of drug-likeness (QED) is 0.322. The number of ether oxygens (including phenoxy) is 2. The van der Waals surface area contributed by atoms with E-state index >= 15 is 0 Å². The predicted molar refractivity (Wildman–Crippen MR) is 157 cm³/mol. The highest BCUT2D eigenvalue weighted by atomic mass is 32.2. The van der Waals surface area contributed by atoms with E-state index in [0.29, 0.717) is 24.5 Å². The molecule has 0 bridgehead atoms. The van der Waals surface area contributed by atoms with Gasteiger partial charge in [-0.3, -0.25) is 13.9 Å². The molecule has 0 spiro atoms. The van der Waals surface area contributed by atoms with E-state index in [9.17, 15) is 26.8 Å². The number of carbonyl (C=O) groups excluding carboxylic acids is 2. The molecule has 1 unspecified atom stereocenters. The molecule has 2 amide bonds. The Morgan fingerprint density at radius 2 is 1.51 bits per heavy atom. The molecule has 12 heteroatoms. The molecular formula is C31H35F2N3O6S. The van der Waals surface area contributed by atoms with Crippen molar-refractivity contribution in [2.45, 2.75) is 44.7 Å². The Bertz CT molecular complexity index is 1530. The summed E-state index contributed by atoms with van der Waals surface area (Å²) in [5.41, 5.74) is 0.594. The molecule has 3 aromatic rings. The second kappa shape index (κ2) is 13.9. The molecule has 4 rings (SSSR count). The third-order valence-corrected chi connectivity index (χ3v) is 8.60. The van der Waals surface area contributed by atoms with Crippen molar-refractivity contribution < 1.29 is 36.3 Å². The standard InChI is InChI=1S/C31H35F2N3O6S/c1-4-27(31(38)34-18-21(2)3)35(19-22-5-7-23(32)8-6-22)30(37)20-36(25-11-9-24(33)10-12-25)43(39,40)26-13-14-28-29(17-26)42-16-15-41-28/h5-14,17,21,27H,4,15-16,18-20H2,1-3H3,(H,34,38). The van der Waals surface area contributed by atoms with Crippen LogP contribution in [-0.4, -0.2) is 57.5 Å².